The largest absolute Gasteiger partial charge is 0.371 e. The van der Waals surface area contributed by atoms with Crippen molar-refractivity contribution in [1.82, 2.24) is 9.80 Å². The van der Waals surface area contributed by atoms with E-state index in [1.54, 1.807) is 7.05 Å². The highest BCUT2D eigenvalue weighted by Crippen LogP contribution is 2.25. The molecule has 25 heavy (non-hydrogen) atoms. The van der Waals surface area contributed by atoms with Gasteiger partial charge in [-0.25, -0.2) is 0 Å². The van der Waals surface area contributed by atoms with E-state index in [2.05, 4.69) is 23.2 Å². The Labute approximate surface area is 150 Å². The third-order valence-electron chi connectivity index (χ3n) is 4.68. The molecular formula is C19H30N4O2. The molecule has 0 aromatic heterocycles. The molecule has 138 valence electrons. The lowest BCUT2D eigenvalue weighted by Crippen LogP contribution is -2.40. The van der Waals surface area contributed by atoms with Gasteiger partial charge in [0.25, 0.3) is 0 Å². The molecule has 0 spiro atoms. The number of hydrogen-bond acceptors (Lipinski definition) is 4. The van der Waals surface area contributed by atoms with Crippen LogP contribution in [0.3, 0.4) is 0 Å². The highest BCUT2D eigenvalue weighted by molar-refractivity contribution is 6.39. The third kappa shape index (κ3) is 5.74. The van der Waals surface area contributed by atoms with Crippen LogP contribution in [0.2, 0.25) is 0 Å². The maximum absolute atomic E-state index is 12.2. The highest BCUT2D eigenvalue weighted by atomic mass is 16.2. The smallest absolute Gasteiger partial charge is 0.313 e. The first kappa shape index (κ1) is 19.2. The predicted octanol–water partition coefficient (Wildman–Crippen LogP) is 1.88. The summed E-state index contributed by atoms with van der Waals surface area (Å²) in [4.78, 5) is 30.1. The van der Waals surface area contributed by atoms with Crippen LogP contribution in [0.4, 0.5) is 11.4 Å². The Morgan fingerprint density at radius 2 is 1.84 bits per heavy atom. The summed E-state index contributed by atoms with van der Waals surface area (Å²) in [6.45, 7) is 5.59. The first-order chi connectivity index (χ1) is 11.9. The fraction of sp³-hybridized carbons (Fsp3) is 0.579. The second-order valence-corrected chi connectivity index (χ2v) is 7.20. The molecule has 0 aliphatic carbocycles. The molecule has 0 saturated carbocycles. The summed E-state index contributed by atoms with van der Waals surface area (Å²) in [6.07, 6.45) is 2.37. The minimum Gasteiger partial charge on any atom is -0.371 e. The molecular weight excluding hydrogens is 316 g/mol. The topological polar surface area (TPSA) is 55.9 Å². The number of benzene rings is 1. The number of anilines is 2. The van der Waals surface area contributed by atoms with E-state index in [1.165, 1.54) is 17.7 Å². The minimum atomic E-state index is -0.592. The summed E-state index contributed by atoms with van der Waals surface area (Å²) in [7, 11) is 5.52. The molecule has 0 radical (unpaired) electrons. The van der Waals surface area contributed by atoms with Crippen LogP contribution in [0.5, 0.6) is 0 Å². The lowest BCUT2D eigenvalue weighted by atomic mass is 9.99. The van der Waals surface area contributed by atoms with Crippen LogP contribution in [0.15, 0.2) is 24.3 Å². The Morgan fingerprint density at radius 1 is 1.16 bits per heavy atom. The molecule has 0 bridgehead atoms. The quantitative estimate of drug-likeness (QED) is 0.827. The van der Waals surface area contributed by atoms with Crippen molar-refractivity contribution >= 4 is 23.2 Å². The number of carbonyl (C=O) groups excluding carboxylic acids is 2. The second kappa shape index (κ2) is 8.85. The average Bonchev–Trinajstić information content (AvgIpc) is 2.59. The lowest BCUT2D eigenvalue weighted by Gasteiger charge is -2.32. The van der Waals surface area contributed by atoms with Crippen LogP contribution >= 0.6 is 0 Å². The molecule has 1 aliphatic heterocycles. The van der Waals surface area contributed by atoms with Gasteiger partial charge in [0.1, 0.15) is 0 Å². The standard InChI is InChI=1S/C19H30N4O2/c1-15-8-10-23(11-9-15)17-7-5-6-16(14-17)20-18(24)19(25)22(4)13-12-21(2)3/h5-7,14-15H,8-13H2,1-4H3,(H,20,24). The first-order valence-corrected chi connectivity index (χ1v) is 8.93. The number of rotatable bonds is 5. The van der Waals surface area contributed by atoms with E-state index >= 15 is 0 Å². The van der Waals surface area contributed by atoms with E-state index in [-0.39, 0.29) is 0 Å². The van der Waals surface area contributed by atoms with Crippen molar-refractivity contribution in [3.8, 4) is 0 Å². The Kier molecular flexibility index (Phi) is 6.82. The molecule has 1 saturated heterocycles. The molecule has 1 aromatic rings. The van der Waals surface area contributed by atoms with Gasteiger partial charge < -0.3 is 20.0 Å². The van der Waals surface area contributed by atoms with Gasteiger partial charge in [-0.3, -0.25) is 9.59 Å². The van der Waals surface area contributed by atoms with Crippen LogP contribution < -0.4 is 10.2 Å². The van der Waals surface area contributed by atoms with Crippen molar-refractivity contribution in [2.24, 2.45) is 5.92 Å². The molecule has 1 N–H and O–H groups in total. The van der Waals surface area contributed by atoms with Gasteiger partial charge in [-0.05, 0) is 51.1 Å². The lowest BCUT2D eigenvalue weighted by molar-refractivity contribution is -0.142. The van der Waals surface area contributed by atoms with E-state index in [0.29, 0.717) is 12.2 Å². The summed E-state index contributed by atoms with van der Waals surface area (Å²) in [5.41, 5.74) is 1.76. The molecule has 0 atom stereocenters. The fourth-order valence-corrected chi connectivity index (χ4v) is 2.86. The van der Waals surface area contributed by atoms with Crippen molar-refractivity contribution in [2.45, 2.75) is 19.8 Å². The Balaban J connectivity index is 1.94. The van der Waals surface area contributed by atoms with Gasteiger partial charge in [-0.15, -0.1) is 0 Å². The zero-order valence-electron chi connectivity index (χ0n) is 15.8. The van der Waals surface area contributed by atoms with Crippen LogP contribution in [-0.4, -0.2) is 68.9 Å². The van der Waals surface area contributed by atoms with Crippen molar-refractivity contribution < 1.29 is 9.59 Å². The fourth-order valence-electron chi connectivity index (χ4n) is 2.86. The molecule has 6 nitrogen and oxygen atoms in total. The maximum atomic E-state index is 12.2. The van der Waals surface area contributed by atoms with Gasteiger partial charge in [0.15, 0.2) is 0 Å². The molecule has 1 aromatic carbocycles. The zero-order chi connectivity index (χ0) is 18.4. The number of likely N-dealkylation sites (N-methyl/N-ethyl adjacent to an activating group) is 2. The van der Waals surface area contributed by atoms with E-state index in [1.807, 2.05) is 37.2 Å². The molecule has 0 unspecified atom stereocenters. The summed E-state index contributed by atoms with van der Waals surface area (Å²) in [6, 6.07) is 7.74. The van der Waals surface area contributed by atoms with Crippen LogP contribution in [0, 0.1) is 5.92 Å². The maximum Gasteiger partial charge on any atom is 0.313 e. The third-order valence-corrected chi connectivity index (χ3v) is 4.68. The highest BCUT2D eigenvalue weighted by Gasteiger charge is 2.20. The van der Waals surface area contributed by atoms with Crippen LogP contribution in [0.1, 0.15) is 19.8 Å². The van der Waals surface area contributed by atoms with E-state index in [9.17, 15) is 9.59 Å². The monoisotopic (exact) mass is 346 g/mol. The SMILES string of the molecule is CC1CCN(c2cccc(NC(=O)C(=O)N(C)CCN(C)C)c2)CC1. The van der Waals surface area contributed by atoms with Gasteiger partial charge >= 0.3 is 11.8 Å². The van der Waals surface area contributed by atoms with Crippen molar-refractivity contribution in [3.05, 3.63) is 24.3 Å². The minimum absolute atomic E-state index is 0.515. The number of piperidine rings is 1. The Bertz CT molecular complexity index is 595. The summed E-state index contributed by atoms with van der Waals surface area (Å²) >= 11 is 0. The molecule has 2 amide bonds. The van der Waals surface area contributed by atoms with Crippen molar-refractivity contribution in [2.75, 3.05) is 57.5 Å². The van der Waals surface area contributed by atoms with Crippen molar-refractivity contribution in [1.29, 1.82) is 0 Å². The first-order valence-electron chi connectivity index (χ1n) is 8.93. The number of nitrogens with one attached hydrogen (secondary N) is 1. The average molecular weight is 346 g/mol. The van der Waals surface area contributed by atoms with Gasteiger partial charge in [0.2, 0.25) is 0 Å². The summed E-state index contributed by atoms with van der Waals surface area (Å²) in [5, 5.41) is 2.73. The Morgan fingerprint density at radius 3 is 2.48 bits per heavy atom. The molecule has 2 rings (SSSR count). The molecule has 1 fully saturated rings. The normalized spacial score (nSPS) is 15.3. The molecule has 1 heterocycles. The zero-order valence-corrected chi connectivity index (χ0v) is 15.8. The summed E-state index contributed by atoms with van der Waals surface area (Å²) < 4.78 is 0. The number of hydrogen-bond donors (Lipinski definition) is 1. The second-order valence-electron chi connectivity index (χ2n) is 7.20. The summed E-state index contributed by atoms with van der Waals surface area (Å²) in [5.74, 6) is -0.334. The van der Waals surface area contributed by atoms with Gasteiger partial charge in [0.05, 0.1) is 0 Å². The van der Waals surface area contributed by atoms with Gasteiger partial charge in [-0.1, -0.05) is 13.0 Å². The van der Waals surface area contributed by atoms with E-state index in [4.69, 9.17) is 0 Å². The predicted molar refractivity (Wildman–Crippen MR) is 102 cm³/mol. The Hall–Kier alpha value is -2.08. The van der Waals surface area contributed by atoms with Crippen LogP contribution in [0.25, 0.3) is 0 Å². The molecule has 6 heteroatoms. The number of nitrogens with zero attached hydrogens (tertiary/aromatic N) is 3. The molecule has 1 aliphatic rings. The number of amides is 2. The van der Waals surface area contributed by atoms with Crippen LogP contribution in [-0.2, 0) is 9.59 Å². The van der Waals surface area contributed by atoms with E-state index < -0.39 is 11.8 Å². The number of carbonyl (C=O) groups is 2. The van der Waals surface area contributed by atoms with Gasteiger partial charge in [-0.2, -0.15) is 0 Å². The van der Waals surface area contributed by atoms with Gasteiger partial charge in [0, 0.05) is 44.6 Å². The van der Waals surface area contributed by atoms with E-state index in [0.717, 1.165) is 31.2 Å². The van der Waals surface area contributed by atoms with Crippen molar-refractivity contribution in [3.63, 3.8) is 0 Å².